The third-order valence-corrected chi connectivity index (χ3v) is 2.08. The van der Waals surface area contributed by atoms with Crippen LogP contribution in [0.2, 0.25) is 0 Å². The molecule has 1 fully saturated rings. The first-order valence-electron chi connectivity index (χ1n) is 5.03. The fraction of sp³-hybridized carbons (Fsp3) is 0.889. The number of carbonyl (C=O) groups is 1. The molecule has 1 saturated carbocycles. The second-order valence-electron chi connectivity index (χ2n) is 3.50. The Morgan fingerprint density at radius 2 is 2.23 bits per heavy atom. The van der Waals surface area contributed by atoms with E-state index in [1.807, 2.05) is 0 Å². The van der Waals surface area contributed by atoms with E-state index in [2.05, 4.69) is 12.2 Å². The lowest BCUT2D eigenvalue weighted by Crippen LogP contribution is -2.43. The Balaban J connectivity index is 2.27. The third kappa shape index (κ3) is 3.63. The third-order valence-electron chi connectivity index (χ3n) is 2.08. The zero-order valence-electron chi connectivity index (χ0n) is 8.25. The van der Waals surface area contributed by atoms with E-state index < -0.39 is 0 Å². The van der Waals surface area contributed by atoms with E-state index in [-0.39, 0.29) is 6.03 Å². The second kappa shape index (κ2) is 5.07. The Kier molecular flexibility index (Phi) is 4.02. The minimum atomic E-state index is 0.0507. The monoisotopic (exact) mass is 185 g/mol. The fourth-order valence-corrected chi connectivity index (χ4v) is 1.23. The van der Waals surface area contributed by atoms with Crippen LogP contribution in [0.5, 0.6) is 0 Å². The van der Waals surface area contributed by atoms with Crippen molar-refractivity contribution in [3.8, 4) is 0 Å². The number of hydrogen-bond acceptors (Lipinski definition) is 2. The zero-order chi connectivity index (χ0) is 9.68. The molecule has 0 radical (unpaired) electrons. The molecule has 4 nitrogen and oxygen atoms in total. The van der Waals surface area contributed by atoms with Crippen LogP contribution in [0.25, 0.3) is 0 Å². The summed E-state index contributed by atoms with van der Waals surface area (Å²) in [7, 11) is 0. The number of rotatable bonds is 5. The first kappa shape index (κ1) is 10.3. The molecule has 13 heavy (non-hydrogen) atoms. The number of nitrogens with zero attached hydrogens (tertiary/aromatic N) is 1. The lowest BCUT2D eigenvalue weighted by atomic mass is 10.4. The van der Waals surface area contributed by atoms with E-state index in [0.29, 0.717) is 19.1 Å². The summed E-state index contributed by atoms with van der Waals surface area (Å²) >= 11 is 0. The van der Waals surface area contributed by atoms with Gasteiger partial charge in [0.1, 0.15) is 0 Å². The molecule has 76 valence electrons. The summed E-state index contributed by atoms with van der Waals surface area (Å²) in [6.07, 6.45) is 3.25. The maximum absolute atomic E-state index is 11.5. The first-order valence-corrected chi connectivity index (χ1v) is 5.03. The smallest absolute Gasteiger partial charge is 0.317 e. The second-order valence-corrected chi connectivity index (χ2v) is 3.50. The number of nitrogens with two attached hydrogens (primary N) is 1. The minimum absolute atomic E-state index is 0.0507. The van der Waals surface area contributed by atoms with Gasteiger partial charge in [-0.2, -0.15) is 0 Å². The molecular weight excluding hydrogens is 166 g/mol. The molecule has 1 rings (SSSR count). The van der Waals surface area contributed by atoms with E-state index >= 15 is 0 Å². The van der Waals surface area contributed by atoms with E-state index in [1.165, 1.54) is 0 Å². The Hall–Kier alpha value is -0.770. The van der Waals surface area contributed by atoms with Gasteiger partial charge in [-0.3, -0.25) is 0 Å². The van der Waals surface area contributed by atoms with Crippen molar-refractivity contribution in [1.29, 1.82) is 0 Å². The molecule has 0 aromatic rings. The summed E-state index contributed by atoms with van der Waals surface area (Å²) in [5.74, 6) is 0. The van der Waals surface area contributed by atoms with Gasteiger partial charge in [-0.25, -0.2) is 4.79 Å². The van der Waals surface area contributed by atoms with E-state index in [1.54, 1.807) is 4.90 Å². The van der Waals surface area contributed by atoms with Gasteiger partial charge in [0.15, 0.2) is 0 Å². The van der Waals surface area contributed by atoms with Crippen LogP contribution in [0.1, 0.15) is 26.2 Å². The molecule has 2 amide bonds. The number of amides is 2. The summed E-state index contributed by atoms with van der Waals surface area (Å²) in [4.78, 5) is 13.3. The van der Waals surface area contributed by atoms with Crippen LogP contribution in [0.15, 0.2) is 0 Å². The van der Waals surface area contributed by atoms with Crippen molar-refractivity contribution < 1.29 is 4.79 Å². The standard InChI is InChI=1S/C9H19N3O/c1-2-6-12(7-5-10)9(13)11-8-3-4-8/h8H,2-7,10H2,1H3,(H,11,13). The van der Waals surface area contributed by atoms with Gasteiger partial charge in [0, 0.05) is 25.7 Å². The number of urea groups is 1. The molecule has 1 aliphatic rings. The largest absolute Gasteiger partial charge is 0.335 e. The summed E-state index contributed by atoms with van der Waals surface area (Å²) < 4.78 is 0. The highest BCUT2D eigenvalue weighted by Crippen LogP contribution is 2.18. The first-order chi connectivity index (χ1) is 6.27. The number of carbonyl (C=O) groups excluding carboxylic acids is 1. The average Bonchev–Trinajstić information content (AvgIpc) is 2.88. The Labute approximate surface area is 79.5 Å². The SMILES string of the molecule is CCCN(CCN)C(=O)NC1CC1. The van der Waals surface area contributed by atoms with Crippen LogP contribution in [-0.4, -0.2) is 36.6 Å². The van der Waals surface area contributed by atoms with Gasteiger partial charge in [0.2, 0.25) is 0 Å². The van der Waals surface area contributed by atoms with Crippen LogP contribution < -0.4 is 11.1 Å². The highest BCUT2D eigenvalue weighted by Gasteiger charge is 2.25. The van der Waals surface area contributed by atoms with E-state index in [0.717, 1.165) is 25.8 Å². The molecule has 0 aromatic carbocycles. The molecule has 1 aliphatic carbocycles. The van der Waals surface area contributed by atoms with E-state index in [4.69, 9.17) is 5.73 Å². The molecule has 4 heteroatoms. The minimum Gasteiger partial charge on any atom is -0.335 e. The lowest BCUT2D eigenvalue weighted by Gasteiger charge is -2.21. The van der Waals surface area contributed by atoms with Gasteiger partial charge in [-0.1, -0.05) is 6.92 Å². The van der Waals surface area contributed by atoms with Crippen molar-refractivity contribution in [3.63, 3.8) is 0 Å². The average molecular weight is 185 g/mol. The van der Waals surface area contributed by atoms with Gasteiger partial charge in [0.05, 0.1) is 0 Å². The van der Waals surface area contributed by atoms with Gasteiger partial charge < -0.3 is 16.0 Å². The van der Waals surface area contributed by atoms with Crippen molar-refractivity contribution in [2.75, 3.05) is 19.6 Å². The van der Waals surface area contributed by atoms with Crippen molar-refractivity contribution in [3.05, 3.63) is 0 Å². The quantitative estimate of drug-likeness (QED) is 0.656. The maximum atomic E-state index is 11.5. The van der Waals surface area contributed by atoms with Crippen molar-refractivity contribution in [1.82, 2.24) is 10.2 Å². The van der Waals surface area contributed by atoms with Gasteiger partial charge in [-0.05, 0) is 19.3 Å². The molecule has 0 spiro atoms. The zero-order valence-corrected chi connectivity index (χ0v) is 8.25. The van der Waals surface area contributed by atoms with Crippen molar-refractivity contribution in [2.45, 2.75) is 32.2 Å². The van der Waals surface area contributed by atoms with Crippen LogP contribution in [0.4, 0.5) is 4.79 Å². The van der Waals surface area contributed by atoms with Crippen LogP contribution in [0.3, 0.4) is 0 Å². The summed E-state index contributed by atoms with van der Waals surface area (Å²) in [6.45, 7) is 4.06. The molecule has 0 unspecified atom stereocenters. The van der Waals surface area contributed by atoms with Crippen molar-refractivity contribution in [2.24, 2.45) is 5.73 Å². The van der Waals surface area contributed by atoms with Gasteiger partial charge >= 0.3 is 6.03 Å². The molecule has 3 N–H and O–H groups in total. The Morgan fingerprint density at radius 3 is 2.69 bits per heavy atom. The topological polar surface area (TPSA) is 58.4 Å². The predicted octanol–water partition coefficient (Wildman–Crippen LogP) is 0.529. The predicted molar refractivity (Wildman–Crippen MR) is 52.5 cm³/mol. The number of nitrogens with one attached hydrogen (secondary N) is 1. The normalized spacial score (nSPS) is 15.5. The fourth-order valence-electron chi connectivity index (χ4n) is 1.23. The highest BCUT2D eigenvalue weighted by molar-refractivity contribution is 5.74. The molecule has 0 aliphatic heterocycles. The molecular formula is C9H19N3O. The lowest BCUT2D eigenvalue weighted by molar-refractivity contribution is 0.199. The molecule has 0 heterocycles. The van der Waals surface area contributed by atoms with Crippen molar-refractivity contribution >= 4 is 6.03 Å². The molecule has 0 bridgehead atoms. The summed E-state index contributed by atoms with van der Waals surface area (Å²) in [6, 6.07) is 0.486. The highest BCUT2D eigenvalue weighted by atomic mass is 16.2. The Morgan fingerprint density at radius 1 is 1.54 bits per heavy atom. The van der Waals surface area contributed by atoms with Gasteiger partial charge in [0.25, 0.3) is 0 Å². The molecule has 0 atom stereocenters. The summed E-state index contributed by atoms with van der Waals surface area (Å²) in [5, 5.41) is 2.96. The van der Waals surface area contributed by atoms with Crippen LogP contribution >= 0.6 is 0 Å². The van der Waals surface area contributed by atoms with E-state index in [9.17, 15) is 4.79 Å². The summed E-state index contributed by atoms with van der Waals surface area (Å²) in [5.41, 5.74) is 5.42. The number of hydrogen-bond donors (Lipinski definition) is 2. The van der Waals surface area contributed by atoms with Crippen LogP contribution in [0, 0.1) is 0 Å². The van der Waals surface area contributed by atoms with Crippen LogP contribution in [-0.2, 0) is 0 Å². The Bertz CT molecular complexity index is 162. The molecule has 0 saturated heterocycles. The van der Waals surface area contributed by atoms with Gasteiger partial charge in [-0.15, -0.1) is 0 Å². The maximum Gasteiger partial charge on any atom is 0.317 e. The molecule has 0 aromatic heterocycles.